The second-order valence-electron chi connectivity index (χ2n) is 2.85. The van der Waals surface area contributed by atoms with Crippen LogP contribution in [0.5, 0.6) is 0 Å². The van der Waals surface area contributed by atoms with E-state index in [2.05, 4.69) is 23.1 Å². The lowest BCUT2D eigenvalue weighted by molar-refractivity contribution is -0.105. The first-order valence-electron chi connectivity index (χ1n) is 4.47. The first-order chi connectivity index (χ1) is 7.57. The maximum Gasteiger partial charge on any atom is 0.211 e. The average Bonchev–Trinajstić information content (AvgIpc) is 2.24. The molecule has 1 amide bonds. The number of amides is 1. The van der Waals surface area contributed by atoms with Crippen LogP contribution in [0.25, 0.3) is 0 Å². The summed E-state index contributed by atoms with van der Waals surface area (Å²) in [7, 11) is 0. The van der Waals surface area contributed by atoms with Crippen molar-refractivity contribution in [2.45, 2.75) is 19.9 Å². The van der Waals surface area contributed by atoms with Crippen LogP contribution in [0.3, 0.4) is 0 Å². The Labute approximate surface area is 101 Å². The number of pyridine rings is 1. The number of carbonyl (C=O) groups excluding carboxylic acids is 1. The first-order valence-corrected chi connectivity index (χ1v) is 4.85. The number of aromatic nitrogens is 1. The molecule has 0 aliphatic carbocycles. The van der Waals surface area contributed by atoms with Gasteiger partial charge in [0.05, 0.1) is 5.69 Å². The molecule has 5 heteroatoms. The Bertz CT molecular complexity index is 310. The zero-order valence-corrected chi connectivity index (χ0v) is 10.1. The number of nitrogens with zero attached hydrogens (tertiary/aromatic N) is 1. The summed E-state index contributed by atoms with van der Waals surface area (Å²) in [5, 5.41) is 2.70. The van der Waals surface area contributed by atoms with Crippen LogP contribution < -0.4 is 11.1 Å². The molecule has 0 fully saturated rings. The number of hydrogen-bond donors (Lipinski definition) is 2. The van der Waals surface area contributed by atoms with E-state index in [-0.39, 0.29) is 0 Å². The lowest BCUT2D eigenvalue weighted by atomic mass is 10.4. The number of hydrogen-bond acceptors (Lipinski definition) is 3. The minimum absolute atomic E-state index is 0.301. The fourth-order valence-corrected chi connectivity index (χ4v) is 0.731. The molecule has 1 rings (SSSR count). The second-order valence-corrected chi connectivity index (χ2v) is 3.21. The average molecular weight is 242 g/mol. The molecule has 4 nitrogen and oxygen atoms in total. The Morgan fingerprint density at radius 3 is 2.44 bits per heavy atom. The fourth-order valence-electron chi connectivity index (χ4n) is 0.557. The van der Waals surface area contributed by atoms with Crippen LogP contribution in [-0.2, 0) is 4.79 Å². The van der Waals surface area contributed by atoms with Gasteiger partial charge in [0.25, 0.3) is 0 Å². The lowest BCUT2D eigenvalue weighted by Gasteiger charge is -1.97. The van der Waals surface area contributed by atoms with E-state index in [1.54, 1.807) is 18.3 Å². The normalized spacial score (nSPS) is 7.94. The van der Waals surface area contributed by atoms with Crippen molar-refractivity contribution >= 4 is 23.7 Å². The Morgan fingerprint density at radius 1 is 1.56 bits per heavy atom. The highest BCUT2D eigenvalue weighted by Crippen LogP contribution is 2.15. The van der Waals surface area contributed by atoms with Crippen LogP contribution in [-0.4, -0.2) is 17.4 Å². The molecule has 0 radical (unpaired) electrons. The van der Waals surface area contributed by atoms with E-state index in [0.29, 0.717) is 23.3 Å². The third-order valence-corrected chi connectivity index (χ3v) is 1.27. The summed E-state index contributed by atoms with van der Waals surface area (Å²) >= 11 is 5.57. The summed E-state index contributed by atoms with van der Waals surface area (Å²) in [6.07, 6.45) is 10.1. The van der Waals surface area contributed by atoms with Crippen LogP contribution in [0.15, 0.2) is 18.3 Å². The van der Waals surface area contributed by atoms with Gasteiger partial charge in [-0.3, -0.25) is 4.79 Å². The number of anilines is 1. The molecule has 0 atom stereocenters. The van der Waals surface area contributed by atoms with Crippen LogP contribution in [0.2, 0.25) is 5.15 Å². The van der Waals surface area contributed by atoms with E-state index >= 15 is 0 Å². The maximum atomic E-state index is 9.93. The van der Waals surface area contributed by atoms with Gasteiger partial charge in [-0.1, -0.05) is 25.4 Å². The van der Waals surface area contributed by atoms with Crippen molar-refractivity contribution < 1.29 is 4.79 Å². The van der Waals surface area contributed by atoms with E-state index in [1.165, 1.54) is 0 Å². The minimum Gasteiger partial charge on any atom is -0.328 e. The highest BCUT2D eigenvalue weighted by atomic mass is 35.5. The summed E-state index contributed by atoms with van der Waals surface area (Å²) in [5.74, 6) is 0. The minimum atomic E-state index is 0.301. The van der Waals surface area contributed by atoms with Gasteiger partial charge in [-0.2, -0.15) is 0 Å². The van der Waals surface area contributed by atoms with Crippen LogP contribution in [0.4, 0.5) is 5.69 Å². The van der Waals surface area contributed by atoms with Crippen molar-refractivity contribution in [3.05, 3.63) is 23.5 Å². The quantitative estimate of drug-likeness (QED) is 0.472. The molecule has 0 aromatic carbocycles. The van der Waals surface area contributed by atoms with Gasteiger partial charge in [-0.15, -0.1) is 12.8 Å². The monoisotopic (exact) mass is 241 g/mol. The highest BCUT2D eigenvalue weighted by molar-refractivity contribution is 6.32. The molecule has 1 heterocycles. The Kier molecular flexibility index (Phi) is 12.1. The summed E-state index contributed by atoms with van der Waals surface area (Å²) in [5.41, 5.74) is 5.64. The molecule has 1 aromatic rings. The molecule has 0 aliphatic heterocycles. The van der Waals surface area contributed by atoms with Gasteiger partial charge in [-0.25, -0.2) is 4.98 Å². The lowest BCUT2D eigenvalue weighted by Crippen LogP contribution is -2.06. The topological polar surface area (TPSA) is 68.0 Å². The Hall–Kier alpha value is -1.57. The summed E-state index contributed by atoms with van der Waals surface area (Å²) in [6.45, 7) is 3.89. The van der Waals surface area contributed by atoms with Gasteiger partial charge in [0.15, 0.2) is 5.15 Å². The zero-order chi connectivity index (χ0) is 13.0. The zero-order valence-electron chi connectivity index (χ0n) is 9.35. The molecule has 0 aliphatic rings. The van der Waals surface area contributed by atoms with Crippen molar-refractivity contribution in [2.24, 2.45) is 5.73 Å². The van der Waals surface area contributed by atoms with E-state index in [0.717, 1.165) is 0 Å². The summed E-state index contributed by atoms with van der Waals surface area (Å²) in [4.78, 5) is 13.7. The predicted molar refractivity (Wildman–Crippen MR) is 68.1 cm³/mol. The fraction of sp³-hybridized carbons (Fsp3) is 0.273. The molecule has 3 N–H and O–H groups in total. The van der Waals surface area contributed by atoms with Gasteiger partial charge in [0.1, 0.15) is 0 Å². The van der Waals surface area contributed by atoms with E-state index in [9.17, 15) is 4.79 Å². The van der Waals surface area contributed by atoms with E-state index < -0.39 is 0 Å². The van der Waals surface area contributed by atoms with Gasteiger partial charge in [-0.05, 0) is 18.2 Å². The number of nitrogens with one attached hydrogen (secondary N) is 1. The van der Waals surface area contributed by atoms with Crippen molar-refractivity contribution in [1.29, 1.82) is 0 Å². The molecule has 0 saturated heterocycles. The molecule has 0 unspecified atom stereocenters. The molecule has 0 spiro atoms. The van der Waals surface area contributed by atoms with Gasteiger partial charge >= 0.3 is 0 Å². The molecule has 0 bridgehead atoms. The van der Waals surface area contributed by atoms with Crippen molar-refractivity contribution in [3.63, 3.8) is 0 Å². The third-order valence-electron chi connectivity index (χ3n) is 0.974. The number of halogens is 1. The number of carbonyl (C=O) groups is 1. The highest BCUT2D eigenvalue weighted by Gasteiger charge is 1.95. The Morgan fingerprint density at radius 2 is 2.06 bits per heavy atom. The van der Waals surface area contributed by atoms with Crippen LogP contribution >= 0.6 is 11.6 Å². The van der Waals surface area contributed by atoms with E-state index in [1.807, 2.05) is 13.8 Å². The summed E-state index contributed by atoms with van der Waals surface area (Å²) in [6, 6.07) is 3.70. The molecular weight excluding hydrogens is 226 g/mol. The molecule has 0 saturated carbocycles. The van der Waals surface area contributed by atoms with Crippen molar-refractivity contribution in [2.75, 3.05) is 5.32 Å². The second kappa shape index (κ2) is 11.5. The van der Waals surface area contributed by atoms with Gasteiger partial charge in [0.2, 0.25) is 6.41 Å². The molecular formula is C11H16ClN3O. The SMILES string of the molecule is C#C.CC(C)N.O=CNc1cccnc1Cl. The first kappa shape index (κ1) is 16.8. The van der Waals surface area contributed by atoms with Gasteiger partial charge < -0.3 is 11.1 Å². The smallest absolute Gasteiger partial charge is 0.211 e. The number of nitrogens with two attached hydrogens (primary N) is 1. The largest absolute Gasteiger partial charge is 0.328 e. The molecule has 16 heavy (non-hydrogen) atoms. The van der Waals surface area contributed by atoms with Crippen LogP contribution in [0.1, 0.15) is 13.8 Å². The molecule has 1 aromatic heterocycles. The third kappa shape index (κ3) is 10.5. The number of rotatable bonds is 2. The van der Waals surface area contributed by atoms with Gasteiger partial charge in [0, 0.05) is 6.20 Å². The van der Waals surface area contributed by atoms with Crippen molar-refractivity contribution in [1.82, 2.24) is 4.98 Å². The van der Waals surface area contributed by atoms with Crippen molar-refractivity contribution in [3.8, 4) is 12.8 Å². The standard InChI is InChI=1S/C6H5ClN2O.C3H9N.C2H2/c7-6-5(9-4-10)2-1-3-8-6;1-3(2)4;1-2/h1-4H,(H,9,10);3H,4H2,1-2H3;1-2H. The Balaban J connectivity index is 0. The number of terminal acetylenes is 1. The van der Waals surface area contributed by atoms with Crippen LogP contribution in [0, 0.1) is 12.8 Å². The van der Waals surface area contributed by atoms with E-state index in [4.69, 9.17) is 17.3 Å². The predicted octanol–water partition coefficient (Wildman–Crippen LogP) is 1.91. The summed E-state index contributed by atoms with van der Waals surface area (Å²) < 4.78 is 0. The maximum absolute atomic E-state index is 9.93. The molecule has 88 valence electrons.